The zero-order valence-corrected chi connectivity index (χ0v) is 22.1. The average Bonchev–Trinajstić information content (AvgIpc) is 2.81. The largest absolute Gasteiger partial charge is 0.469 e. The van der Waals surface area contributed by atoms with Gasteiger partial charge in [-0.05, 0) is 12.8 Å². The quantitative estimate of drug-likeness (QED) is 0.114. The SMILES string of the molecule is CCCCCCCCCCCC(=O)N(CCC(=O)OC)C(=O)CCCCCCCCCCC. The summed E-state index contributed by atoms with van der Waals surface area (Å²) < 4.78 is 4.69. The molecular formula is C28H53NO4. The summed E-state index contributed by atoms with van der Waals surface area (Å²) in [5, 5.41) is 0. The Hall–Kier alpha value is -1.39. The predicted molar refractivity (Wildman–Crippen MR) is 137 cm³/mol. The van der Waals surface area contributed by atoms with Crippen LogP contribution in [0.25, 0.3) is 0 Å². The van der Waals surface area contributed by atoms with Crippen molar-refractivity contribution in [2.45, 2.75) is 149 Å². The third kappa shape index (κ3) is 19.8. The van der Waals surface area contributed by atoms with Crippen LogP contribution < -0.4 is 0 Å². The number of methoxy groups -OCH3 is 1. The molecule has 5 heteroatoms. The summed E-state index contributed by atoms with van der Waals surface area (Å²) in [6, 6.07) is 0. The Labute approximate surface area is 204 Å². The molecule has 33 heavy (non-hydrogen) atoms. The van der Waals surface area contributed by atoms with Crippen LogP contribution in [-0.2, 0) is 19.1 Å². The van der Waals surface area contributed by atoms with Crippen molar-refractivity contribution in [3.8, 4) is 0 Å². The predicted octanol–water partition coefficient (Wildman–Crippen LogP) is 7.75. The van der Waals surface area contributed by atoms with Gasteiger partial charge in [0.15, 0.2) is 0 Å². The van der Waals surface area contributed by atoms with E-state index in [1.165, 1.54) is 89.1 Å². The first-order chi connectivity index (χ1) is 16.1. The van der Waals surface area contributed by atoms with E-state index in [4.69, 9.17) is 4.74 Å². The highest BCUT2D eigenvalue weighted by Gasteiger charge is 2.21. The number of imide groups is 1. The fraction of sp³-hybridized carbons (Fsp3) is 0.893. The second kappa shape index (κ2) is 23.8. The molecular weight excluding hydrogens is 414 g/mol. The van der Waals surface area contributed by atoms with Gasteiger partial charge >= 0.3 is 5.97 Å². The van der Waals surface area contributed by atoms with Gasteiger partial charge in [0.25, 0.3) is 0 Å². The van der Waals surface area contributed by atoms with E-state index in [2.05, 4.69) is 13.8 Å². The topological polar surface area (TPSA) is 63.7 Å². The standard InChI is InChI=1S/C28H53NO4/c1-4-6-8-10-12-14-16-18-20-22-26(30)29(25-24-28(32)33-3)27(31)23-21-19-17-15-13-11-9-7-5-2/h4-25H2,1-3H3. The normalized spacial score (nSPS) is 10.9. The maximum atomic E-state index is 12.7. The van der Waals surface area contributed by atoms with Crippen LogP contribution >= 0.6 is 0 Å². The Balaban J connectivity index is 4.17. The number of esters is 1. The molecule has 194 valence electrons. The number of carbonyl (C=O) groups is 3. The third-order valence-electron chi connectivity index (χ3n) is 6.36. The van der Waals surface area contributed by atoms with Gasteiger partial charge in [0.05, 0.1) is 13.5 Å². The number of amides is 2. The smallest absolute Gasteiger partial charge is 0.307 e. The molecule has 0 bridgehead atoms. The van der Waals surface area contributed by atoms with E-state index in [1.807, 2.05) is 0 Å². The molecule has 0 aliphatic heterocycles. The summed E-state index contributed by atoms with van der Waals surface area (Å²) in [4.78, 5) is 38.3. The van der Waals surface area contributed by atoms with Crippen LogP contribution in [0.5, 0.6) is 0 Å². The van der Waals surface area contributed by atoms with E-state index in [0.29, 0.717) is 12.8 Å². The van der Waals surface area contributed by atoms with Crippen LogP contribution in [0.1, 0.15) is 149 Å². The molecule has 0 atom stereocenters. The van der Waals surface area contributed by atoms with Crippen molar-refractivity contribution in [2.24, 2.45) is 0 Å². The van der Waals surface area contributed by atoms with Crippen LogP contribution in [0.15, 0.2) is 0 Å². The fourth-order valence-electron chi connectivity index (χ4n) is 4.14. The number of hydrogen-bond donors (Lipinski definition) is 0. The zero-order chi connectivity index (χ0) is 24.6. The van der Waals surface area contributed by atoms with Gasteiger partial charge < -0.3 is 4.74 Å². The lowest BCUT2D eigenvalue weighted by atomic mass is 10.1. The molecule has 0 N–H and O–H groups in total. The number of hydrogen-bond acceptors (Lipinski definition) is 4. The molecule has 0 heterocycles. The fourth-order valence-corrected chi connectivity index (χ4v) is 4.14. The molecule has 0 unspecified atom stereocenters. The van der Waals surface area contributed by atoms with E-state index in [0.717, 1.165) is 38.5 Å². The molecule has 0 aromatic carbocycles. The summed E-state index contributed by atoms with van der Waals surface area (Å²) in [5.74, 6) is -0.655. The van der Waals surface area contributed by atoms with Gasteiger partial charge in [0.2, 0.25) is 11.8 Å². The van der Waals surface area contributed by atoms with Gasteiger partial charge in [-0.3, -0.25) is 19.3 Å². The summed E-state index contributed by atoms with van der Waals surface area (Å²) >= 11 is 0. The van der Waals surface area contributed by atoms with Gasteiger partial charge in [-0.2, -0.15) is 0 Å². The summed E-state index contributed by atoms with van der Waals surface area (Å²) in [5.41, 5.74) is 0. The van der Waals surface area contributed by atoms with Gasteiger partial charge in [-0.1, -0.05) is 117 Å². The van der Waals surface area contributed by atoms with Gasteiger partial charge in [-0.15, -0.1) is 0 Å². The minimum absolute atomic E-state index is 0.0729. The second-order valence-electron chi connectivity index (χ2n) is 9.42. The molecule has 5 nitrogen and oxygen atoms in total. The molecule has 0 rings (SSSR count). The van der Waals surface area contributed by atoms with Crippen molar-refractivity contribution in [1.29, 1.82) is 0 Å². The molecule has 0 aromatic rings. The molecule has 0 aliphatic carbocycles. The molecule has 0 fully saturated rings. The van der Waals surface area contributed by atoms with E-state index >= 15 is 0 Å². The number of rotatable bonds is 23. The molecule has 0 saturated carbocycles. The Bertz CT molecular complexity index is 458. The van der Waals surface area contributed by atoms with Crippen molar-refractivity contribution in [3.05, 3.63) is 0 Å². The van der Waals surface area contributed by atoms with Crippen molar-refractivity contribution < 1.29 is 19.1 Å². The van der Waals surface area contributed by atoms with Crippen molar-refractivity contribution in [3.63, 3.8) is 0 Å². The van der Waals surface area contributed by atoms with Crippen LogP contribution in [0.4, 0.5) is 0 Å². The first-order valence-electron chi connectivity index (χ1n) is 14.0. The van der Waals surface area contributed by atoms with Crippen molar-refractivity contribution in [2.75, 3.05) is 13.7 Å². The monoisotopic (exact) mass is 467 g/mol. The van der Waals surface area contributed by atoms with E-state index in [-0.39, 0.29) is 30.7 Å². The third-order valence-corrected chi connectivity index (χ3v) is 6.36. The highest BCUT2D eigenvalue weighted by molar-refractivity contribution is 5.95. The number of ether oxygens (including phenoxy) is 1. The Morgan fingerprint density at radius 2 is 0.848 bits per heavy atom. The Morgan fingerprint density at radius 1 is 0.515 bits per heavy atom. The Kier molecular flexibility index (Phi) is 22.8. The zero-order valence-electron chi connectivity index (χ0n) is 22.1. The van der Waals surface area contributed by atoms with Crippen LogP contribution in [0.3, 0.4) is 0 Å². The number of nitrogens with zero attached hydrogens (tertiary/aromatic N) is 1. The maximum Gasteiger partial charge on any atom is 0.307 e. The molecule has 0 aliphatic rings. The lowest BCUT2D eigenvalue weighted by molar-refractivity contribution is -0.147. The maximum absolute atomic E-state index is 12.7. The Morgan fingerprint density at radius 3 is 1.18 bits per heavy atom. The lowest BCUT2D eigenvalue weighted by Crippen LogP contribution is -2.38. The highest BCUT2D eigenvalue weighted by atomic mass is 16.5. The minimum Gasteiger partial charge on any atom is -0.469 e. The first kappa shape index (κ1) is 31.6. The molecule has 0 saturated heterocycles. The lowest BCUT2D eigenvalue weighted by Gasteiger charge is -2.20. The van der Waals surface area contributed by atoms with Crippen LogP contribution in [0, 0.1) is 0 Å². The van der Waals surface area contributed by atoms with Gasteiger partial charge in [0, 0.05) is 19.4 Å². The molecule has 0 radical (unpaired) electrons. The molecule has 2 amide bonds. The van der Waals surface area contributed by atoms with Gasteiger partial charge in [0.1, 0.15) is 0 Å². The highest BCUT2D eigenvalue weighted by Crippen LogP contribution is 2.14. The molecule has 0 spiro atoms. The van der Waals surface area contributed by atoms with Crippen molar-refractivity contribution in [1.82, 2.24) is 4.90 Å². The van der Waals surface area contributed by atoms with Gasteiger partial charge in [-0.25, -0.2) is 0 Å². The summed E-state index contributed by atoms with van der Waals surface area (Å²) in [7, 11) is 1.33. The van der Waals surface area contributed by atoms with Crippen LogP contribution in [-0.4, -0.2) is 36.3 Å². The minimum atomic E-state index is -0.383. The number of unbranched alkanes of at least 4 members (excludes halogenated alkanes) is 16. The van der Waals surface area contributed by atoms with E-state index < -0.39 is 0 Å². The van der Waals surface area contributed by atoms with Crippen molar-refractivity contribution >= 4 is 17.8 Å². The average molecular weight is 468 g/mol. The molecule has 0 aromatic heterocycles. The van der Waals surface area contributed by atoms with E-state index in [1.54, 1.807) is 0 Å². The second-order valence-corrected chi connectivity index (χ2v) is 9.42. The summed E-state index contributed by atoms with van der Waals surface area (Å²) in [6.45, 7) is 4.60. The number of carbonyl (C=O) groups excluding carboxylic acids is 3. The summed E-state index contributed by atoms with van der Waals surface area (Å²) in [6.07, 6.45) is 22.3. The van der Waals surface area contributed by atoms with Crippen LogP contribution in [0.2, 0.25) is 0 Å². The first-order valence-corrected chi connectivity index (χ1v) is 14.0. The van der Waals surface area contributed by atoms with E-state index in [9.17, 15) is 14.4 Å².